The van der Waals surface area contributed by atoms with Crippen molar-refractivity contribution in [2.45, 2.75) is 72.4 Å². The van der Waals surface area contributed by atoms with Crippen molar-refractivity contribution in [1.82, 2.24) is 15.1 Å². The molecule has 306 valence electrons. The van der Waals surface area contributed by atoms with Gasteiger partial charge in [0.15, 0.2) is 5.67 Å². The Labute approximate surface area is 333 Å². The van der Waals surface area contributed by atoms with Gasteiger partial charge in [-0.1, -0.05) is 31.2 Å². The number of anilines is 2. The third kappa shape index (κ3) is 8.31. The van der Waals surface area contributed by atoms with Crippen LogP contribution in [0.5, 0.6) is 0 Å². The fourth-order valence-electron chi connectivity index (χ4n) is 9.79. The Bertz CT molecular complexity index is 2100. The van der Waals surface area contributed by atoms with Gasteiger partial charge in [-0.3, -0.25) is 9.69 Å². The number of likely N-dealkylation sites (tertiary alicyclic amines) is 2. The van der Waals surface area contributed by atoms with Gasteiger partial charge in [-0.05, 0) is 137 Å². The van der Waals surface area contributed by atoms with Gasteiger partial charge in [-0.15, -0.1) is 0 Å². The molecular formula is C43H52F3N5O5S. The monoisotopic (exact) mass is 807 g/mol. The molecular weight excluding hydrogens is 756 g/mol. The number of hydrogen-bond acceptors (Lipinski definition) is 8. The van der Waals surface area contributed by atoms with Gasteiger partial charge in [-0.25, -0.2) is 26.4 Å². The molecule has 0 aromatic heterocycles. The van der Waals surface area contributed by atoms with Crippen molar-refractivity contribution >= 4 is 33.2 Å². The second-order valence-electron chi connectivity index (χ2n) is 16.3. The van der Waals surface area contributed by atoms with E-state index in [0.29, 0.717) is 24.3 Å². The van der Waals surface area contributed by atoms with Crippen LogP contribution < -0.4 is 15.5 Å². The van der Waals surface area contributed by atoms with E-state index in [1.807, 2.05) is 6.07 Å². The van der Waals surface area contributed by atoms with Crippen molar-refractivity contribution in [2.24, 2.45) is 11.8 Å². The van der Waals surface area contributed by atoms with Crippen molar-refractivity contribution < 1.29 is 35.9 Å². The minimum absolute atomic E-state index is 0.0363. The predicted molar refractivity (Wildman–Crippen MR) is 213 cm³/mol. The highest BCUT2D eigenvalue weighted by Gasteiger charge is 2.54. The van der Waals surface area contributed by atoms with Crippen LogP contribution in [-0.2, 0) is 24.8 Å². The molecule has 2 N–H and O–H groups in total. The number of alkyl carbamates (subject to hydrolysis) is 1. The number of carbonyl (C=O) groups excluding carboxylic acids is 2. The van der Waals surface area contributed by atoms with Gasteiger partial charge < -0.3 is 25.2 Å². The number of benzene rings is 3. The molecule has 1 saturated carbocycles. The van der Waals surface area contributed by atoms with Gasteiger partial charge in [0.1, 0.15) is 11.6 Å². The summed E-state index contributed by atoms with van der Waals surface area (Å²) in [6.07, 6.45) is 5.95. The number of halogens is 3. The zero-order chi connectivity index (χ0) is 40.5. The van der Waals surface area contributed by atoms with Gasteiger partial charge in [-0.2, -0.15) is 0 Å². The highest BCUT2D eigenvalue weighted by Crippen LogP contribution is 2.52. The minimum Gasteiger partial charge on any atom is -0.453 e. The van der Waals surface area contributed by atoms with E-state index in [1.165, 1.54) is 37.4 Å². The quantitative estimate of drug-likeness (QED) is 0.185. The summed E-state index contributed by atoms with van der Waals surface area (Å²) in [6.45, 7) is 9.25. The zero-order valence-corrected chi connectivity index (χ0v) is 33.4. The summed E-state index contributed by atoms with van der Waals surface area (Å²) in [7, 11) is -2.77. The van der Waals surface area contributed by atoms with Crippen LogP contribution in [0, 0.1) is 30.4 Å². The van der Waals surface area contributed by atoms with Gasteiger partial charge in [0.25, 0.3) is 0 Å². The van der Waals surface area contributed by atoms with E-state index in [-0.39, 0.29) is 58.8 Å². The Morgan fingerprint density at radius 1 is 0.947 bits per heavy atom. The Morgan fingerprint density at radius 2 is 1.67 bits per heavy atom. The Hall–Kier alpha value is -4.40. The van der Waals surface area contributed by atoms with E-state index in [2.05, 4.69) is 27.0 Å². The summed E-state index contributed by atoms with van der Waals surface area (Å²) in [4.78, 5) is 30.1. The molecule has 0 unspecified atom stereocenters. The van der Waals surface area contributed by atoms with Gasteiger partial charge in [0.05, 0.1) is 35.7 Å². The number of rotatable bonds is 13. The van der Waals surface area contributed by atoms with Crippen molar-refractivity contribution in [3.63, 3.8) is 0 Å². The fraction of sp³-hybridized carbons (Fsp3) is 0.488. The molecule has 1 aliphatic carbocycles. The number of aryl methyl sites for hydroxylation is 1. The maximum atomic E-state index is 16.3. The van der Waals surface area contributed by atoms with Crippen LogP contribution in [0.15, 0.2) is 83.1 Å². The summed E-state index contributed by atoms with van der Waals surface area (Å²) in [5, 5.41) is 5.70. The standard InChI is InChI=1S/C43H52F3N5O5S/c1-4-40(52)47-38-24-34(13-12-29(38)2)57(54,55)33-14-15-39(36(45)23-33)51-26-42(46,27-51)25-50-20-16-30(17-21-50)43(28-49-18-7-19-49,31-8-5-9-32(44)22-31)35-10-6-11-37(35)48-41(53)56-3/h4-5,8-9,12-15,22-24,30,35,37H,1,6-7,10-11,16-21,25-28H2,2-3H3,(H,47,52)(H,48,53)/t35-,37-,43-/m0/s1. The molecule has 14 heteroatoms. The SMILES string of the molecule is C=CC(=O)Nc1cc(S(=O)(=O)c2ccc(N3CC(F)(CN4CCC([C@@](CN5CCC5)(c5cccc(F)c5)[C@H]5CCC[C@@H]5NC(=O)OC)CC4)C3)c(F)c2)ccc1C. The van der Waals surface area contributed by atoms with E-state index >= 15 is 13.2 Å². The number of nitrogens with one attached hydrogen (secondary N) is 2. The Kier molecular flexibility index (Phi) is 11.8. The summed E-state index contributed by atoms with van der Waals surface area (Å²) in [5.74, 6) is -1.31. The summed E-state index contributed by atoms with van der Waals surface area (Å²) < 4.78 is 78.8. The third-order valence-electron chi connectivity index (χ3n) is 12.8. The van der Waals surface area contributed by atoms with E-state index in [9.17, 15) is 18.0 Å². The van der Waals surface area contributed by atoms with Crippen LogP contribution in [0.4, 0.5) is 29.3 Å². The number of ether oxygens (including phenoxy) is 1. The van der Waals surface area contributed by atoms with Gasteiger partial charge in [0, 0.05) is 30.2 Å². The normalized spacial score (nSPS) is 22.5. The lowest BCUT2D eigenvalue weighted by Crippen LogP contribution is -2.65. The lowest BCUT2D eigenvalue weighted by atomic mass is 9.57. The predicted octanol–water partition coefficient (Wildman–Crippen LogP) is 6.64. The van der Waals surface area contributed by atoms with Crippen molar-refractivity contribution in [3.8, 4) is 0 Å². The average molecular weight is 808 g/mol. The molecule has 3 aromatic rings. The first-order chi connectivity index (χ1) is 27.2. The molecule has 57 heavy (non-hydrogen) atoms. The van der Waals surface area contributed by atoms with Crippen LogP contribution in [0.1, 0.15) is 49.7 Å². The second-order valence-corrected chi connectivity index (χ2v) is 18.3. The molecule has 2 amide bonds. The van der Waals surface area contributed by atoms with Gasteiger partial charge >= 0.3 is 6.09 Å². The maximum absolute atomic E-state index is 16.3. The number of hydrogen-bond donors (Lipinski definition) is 2. The third-order valence-corrected chi connectivity index (χ3v) is 14.5. The van der Waals surface area contributed by atoms with Crippen LogP contribution in [0.3, 0.4) is 0 Å². The minimum atomic E-state index is -4.13. The lowest BCUT2D eigenvalue weighted by molar-refractivity contribution is -0.111. The molecule has 3 aromatic carbocycles. The van der Waals surface area contributed by atoms with E-state index in [1.54, 1.807) is 30.0 Å². The number of carbonyl (C=O) groups is 2. The summed E-state index contributed by atoms with van der Waals surface area (Å²) >= 11 is 0. The molecule has 7 rings (SSSR count). The molecule has 3 aliphatic heterocycles. The van der Waals surface area contributed by atoms with Gasteiger partial charge in [0.2, 0.25) is 15.7 Å². The molecule has 4 aliphatic rings. The number of methoxy groups -OCH3 is 1. The molecule has 0 radical (unpaired) electrons. The Balaban J connectivity index is 1.03. The highest BCUT2D eigenvalue weighted by atomic mass is 32.2. The lowest BCUT2D eigenvalue weighted by Gasteiger charge is -2.54. The topological polar surface area (TPSA) is 111 Å². The fourth-order valence-corrected chi connectivity index (χ4v) is 11.1. The number of amides is 2. The first-order valence-corrected chi connectivity index (χ1v) is 21.3. The second kappa shape index (κ2) is 16.5. The zero-order valence-electron chi connectivity index (χ0n) is 32.6. The van der Waals surface area contributed by atoms with Crippen LogP contribution in [-0.4, -0.2) is 101 Å². The van der Waals surface area contributed by atoms with E-state index in [0.717, 1.165) is 75.9 Å². The molecule has 0 spiro atoms. The Morgan fingerprint density at radius 3 is 2.32 bits per heavy atom. The number of piperidine rings is 1. The number of sulfone groups is 1. The summed E-state index contributed by atoms with van der Waals surface area (Å²) in [6, 6.07) is 14.8. The average Bonchev–Trinajstić information content (AvgIpc) is 3.62. The molecule has 10 nitrogen and oxygen atoms in total. The molecule has 4 fully saturated rings. The molecule has 3 heterocycles. The number of nitrogens with zero attached hydrogens (tertiary/aromatic N) is 3. The first kappa shape index (κ1) is 40.8. The van der Waals surface area contributed by atoms with Crippen LogP contribution in [0.25, 0.3) is 0 Å². The van der Waals surface area contributed by atoms with Crippen molar-refractivity contribution in [3.05, 3.63) is 96.1 Å². The summed E-state index contributed by atoms with van der Waals surface area (Å²) in [5.41, 5.74) is 0.00807. The molecule has 3 saturated heterocycles. The van der Waals surface area contributed by atoms with Crippen molar-refractivity contribution in [1.29, 1.82) is 0 Å². The molecule has 3 atom stereocenters. The maximum Gasteiger partial charge on any atom is 0.407 e. The number of alkyl halides is 1. The highest BCUT2D eigenvalue weighted by molar-refractivity contribution is 7.91. The van der Waals surface area contributed by atoms with Crippen LogP contribution >= 0.6 is 0 Å². The molecule has 0 bridgehead atoms. The van der Waals surface area contributed by atoms with Crippen LogP contribution in [0.2, 0.25) is 0 Å². The van der Waals surface area contributed by atoms with Crippen molar-refractivity contribution in [2.75, 3.05) is 69.7 Å². The smallest absolute Gasteiger partial charge is 0.407 e. The largest absolute Gasteiger partial charge is 0.453 e. The van der Waals surface area contributed by atoms with E-state index in [4.69, 9.17) is 4.74 Å². The first-order valence-electron chi connectivity index (χ1n) is 19.8. The van der Waals surface area contributed by atoms with E-state index < -0.39 is 38.7 Å².